The first-order chi connectivity index (χ1) is 13.1. The molecule has 0 fully saturated rings. The summed E-state index contributed by atoms with van der Waals surface area (Å²) in [6.07, 6.45) is 1.86. The highest BCUT2D eigenvalue weighted by molar-refractivity contribution is 9.10. The first-order valence-corrected chi connectivity index (χ1v) is 9.17. The zero-order chi connectivity index (χ0) is 18.8. The SMILES string of the molecule is Cc1cc(OCc2cn(Cc3ccc(Br)cc3)nn2)cc2oc(=O)ccc12. The van der Waals surface area contributed by atoms with Crippen LogP contribution in [0, 0.1) is 6.92 Å². The van der Waals surface area contributed by atoms with E-state index in [0.29, 0.717) is 17.9 Å². The summed E-state index contributed by atoms with van der Waals surface area (Å²) < 4.78 is 13.9. The number of halogens is 1. The van der Waals surface area contributed by atoms with Crippen LogP contribution in [0.25, 0.3) is 11.0 Å². The number of rotatable bonds is 5. The van der Waals surface area contributed by atoms with Gasteiger partial charge in [-0.15, -0.1) is 5.10 Å². The van der Waals surface area contributed by atoms with Crippen LogP contribution in [-0.2, 0) is 13.2 Å². The van der Waals surface area contributed by atoms with Crippen molar-refractivity contribution in [3.63, 3.8) is 0 Å². The van der Waals surface area contributed by atoms with Crippen LogP contribution in [0.1, 0.15) is 16.8 Å². The third kappa shape index (κ3) is 4.09. The largest absolute Gasteiger partial charge is 0.487 e. The molecule has 0 amide bonds. The third-order valence-electron chi connectivity index (χ3n) is 4.15. The minimum absolute atomic E-state index is 0.280. The molecule has 0 bridgehead atoms. The van der Waals surface area contributed by atoms with Gasteiger partial charge in [0.15, 0.2) is 0 Å². The molecular weight excluding hydrogens is 410 g/mol. The molecule has 0 aliphatic carbocycles. The molecule has 136 valence electrons. The molecule has 0 aliphatic heterocycles. The number of hydrogen-bond acceptors (Lipinski definition) is 5. The zero-order valence-corrected chi connectivity index (χ0v) is 16.1. The molecule has 2 aromatic heterocycles. The molecule has 0 radical (unpaired) electrons. The lowest BCUT2D eigenvalue weighted by Gasteiger charge is -2.07. The fourth-order valence-electron chi connectivity index (χ4n) is 2.83. The number of aromatic nitrogens is 3. The van der Waals surface area contributed by atoms with E-state index < -0.39 is 0 Å². The monoisotopic (exact) mass is 425 g/mol. The van der Waals surface area contributed by atoms with Gasteiger partial charge in [-0.3, -0.25) is 0 Å². The molecule has 0 atom stereocenters. The van der Waals surface area contributed by atoms with Crippen molar-refractivity contribution in [2.45, 2.75) is 20.1 Å². The van der Waals surface area contributed by atoms with Crippen LogP contribution in [-0.4, -0.2) is 15.0 Å². The molecule has 0 saturated heterocycles. The van der Waals surface area contributed by atoms with Crippen LogP contribution < -0.4 is 10.4 Å². The summed E-state index contributed by atoms with van der Waals surface area (Å²) in [5.41, 5.74) is 2.96. The number of nitrogens with zero attached hydrogens (tertiary/aromatic N) is 3. The van der Waals surface area contributed by atoms with Crippen molar-refractivity contribution in [2.75, 3.05) is 0 Å². The average Bonchev–Trinajstić information content (AvgIpc) is 3.09. The number of hydrogen-bond donors (Lipinski definition) is 0. The first kappa shape index (κ1) is 17.5. The lowest BCUT2D eigenvalue weighted by Crippen LogP contribution is -2.00. The molecule has 0 N–H and O–H groups in total. The van der Waals surface area contributed by atoms with Crippen molar-refractivity contribution < 1.29 is 9.15 Å². The summed E-state index contributed by atoms with van der Waals surface area (Å²) >= 11 is 3.43. The van der Waals surface area contributed by atoms with Crippen LogP contribution in [0.5, 0.6) is 5.75 Å². The third-order valence-corrected chi connectivity index (χ3v) is 4.68. The Morgan fingerprint density at radius 1 is 1.15 bits per heavy atom. The summed E-state index contributed by atoms with van der Waals surface area (Å²) in [6, 6.07) is 14.9. The first-order valence-electron chi connectivity index (χ1n) is 8.37. The van der Waals surface area contributed by atoms with E-state index in [-0.39, 0.29) is 12.2 Å². The van der Waals surface area contributed by atoms with Gasteiger partial charge in [-0.05, 0) is 42.3 Å². The van der Waals surface area contributed by atoms with Gasteiger partial charge in [0.2, 0.25) is 0 Å². The minimum Gasteiger partial charge on any atom is -0.487 e. The molecule has 2 aromatic carbocycles. The maximum atomic E-state index is 11.4. The topological polar surface area (TPSA) is 70.2 Å². The van der Waals surface area contributed by atoms with Gasteiger partial charge in [0.05, 0.1) is 12.7 Å². The van der Waals surface area contributed by atoms with E-state index >= 15 is 0 Å². The smallest absolute Gasteiger partial charge is 0.336 e. The van der Waals surface area contributed by atoms with Gasteiger partial charge < -0.3 is 9.15 Å². The second-order valence-electron chi connectivity index (χ2n) is 6.23. The average molecular weight is 426 g/mol. The van der Waals surface area contributed by atoms with E-state index in [0.717, 1.165) is 26.7 Å². The normalized spacial score (nSPS) is 11.0. The summed E-state index contributed by atoms with van der Waals surface area (Å²) in [5.74, 6) is 0.622. The summed E-state index contributed by atoms with van der Waals surface area (Å²) in [6.45, 7) is 2.87. The minimum atomic E-state index is -0.380. The maximum Gasteiger partial charge on any atom is 0.336 e. The highest BCUT2D eigenvalue weighted by Gasteiger charge is 2.07. The highest BCUT2D eigenvalue weighted by Crippen LogP contribution is 2.24. The summed E-state index contributed by atoms with van der Waals surface area (Å²) in [5, 5.41) is 9.18. The number of ether oxygens (including phenoxy) is 1. The van der Waals surface area contributed by atoms with Crippen LogP contribution in [0.4, 0.5) is 0 Å². The number of aryl methyl sites for hydroxylation is 1. The molecule has 0 unspecified atom stereocenters. The van der Waals surface area contributed by atoms with Crippen molar-refractivity contribution in [3.8, 4) is 5.75 Å². The van der Waals surface area contributed by atoms with Gasteiger partial charge >= 0.3 is 5.63 Å². The van der Waals surface area contributed by atoms with Crippen molar-refractivity contribution in [1.82, 2.24) is 15.0 Å². The second kappa shape index (κ2) is 7.36. The lowest BCUT2D eigenvalue weighted by atomic mass is 10.1. The van der Waals surface area contributed by atoms with Gasteiger partial charge in [0.1, 0.15) is 23.6 Å². The molecular formula is C20H16BrN3O3. The van der Waals surface area contributed by atoms with E-state index in [4.69, 9.17) is 9.15 Å². The fourth-order valence-corrected chi connectivity index (χ4v) is 3.09. The number of benzene rings is 2. The molecule has 6 nitrogen and oxygen atoms in total. The van der Waals surface area contributed by atoms with E-state index in [1.165, 1.54) is 6.07 Å². The van der Waals surface area contributed by atoms with Crippen molar-refractivity contribution in [2.24, 2.45) is 0 Å². The van der Waals surface area contributed by atoms with Gasteiger partial charge in [-0.1, -0.05) is 33.3 Å². The Bertz CT molecular complexity index is 1150. The lowest BCUT2D eigenvalue weighted by molar-refractivity contribution is 0.301. The Morgan fingerprint density at radius 2 is 1.96 bits per heavy atom. The second-order valence-corrected chi connectivity index (χ2v) is 7.14. The Balaban J connectivity index is 1.46. The fraction of sp³-hybridized carbons (Fsp3) is 0.150. The molecule has 4 aromatic rings. The predicted octanol–water partition coefficient (Wildman–Crippen LogP) is 4.08. The van der Waals surface area contributed by atoms with E-state index in [2.05, 4.69) is 26.2 Å². The van der Waals surface area contributed by atoms with Crippen LogP contribution in [0.3, 0.4) is 0 Å². The maximum absolute atomic E-state index is 11.4. The van der Waals surface area contributed by atoms with E-state index in [1.54, 1.807) is 16.8 Å². The molecule has 4 rings (SSSR count). The van der Waals surface area contributed by atoms with Gasteiger partial charge in [-0.25, -0.2) is 9.48 Å². The highest BCUT2D eigenvalue weighted by atomic mass is 79.9. The van der Waals surface area contributed by atoms with E-state index in [1.807, 2.05) is 43.5 Å². The Hall–Kier alpha value is -2.93. The van der Waals surface area contributed by atoms with Crippen LogP contribution in [0.2, 0.25) is 0 Å². The zero-order valence-electron chi connectivity index (χ0n) is 14.6. The van der Waals surface area contributed by atoms with Gasteiger partial charge in [-0.2, -0.15) is 0 Å². The van der Waals surface area contributed by atoms with Crippen molar-refractivity contribution in [1.29, 1.82) is 0 Å². The molecule has 27 heavy (non-hydrogen) atoms. The van der Waals surface area contributed by atoms with E-state index in [9.17, 15) is 4.79 Å². The van der Waals surface area contributed by atoms with Gasteiger partial charge in [0, 0.05) is 22.0 Å². The standard InChI is InChI=1S/C20H16BrN3O3/c1-13-8-17(9-19-18(13)6-7-20(25)27-19)26-12-16-11-24(23-22-16)10-14-2-4-15(21)5-3-14/h2-9,11H,10,12H2,1H3. The molecule has 0 spiro atoms. The predicted molar refractivity (Wildman–Crippen MR) is 105 cm³/mol. The summed E-state index contributed by atoms with van der Waals surface area (Å²) in [4.78, 5) is 11.4. The van der Waals surface area contributed by atoms with Crippen LogP contribution >= 0.6 is 15.9 Å². The molecule has 0 aliphatic rings. The Kier molecular flexibility index (Phi) is 4.77. The quantitative estimate of drug-likeness (QED) is 0.450. The Labute approximate surface area is 163 Å². The van der Waals surface area contributed by atoms with Gasteiger partial charge in [0.25, 0.3) is 0 Å². The van der Waals surface area contributed by atoms with Crippen molar-refractivity contribution in [3.05, 3.63) is 86.4 Å². The molecule has 0 saturated carbocycles. The Morgan fingerprint density at radius 3 is 2.78 bits per heavy atom. The molecule has 2 heterocycles. The number of fused-ring (bicyclic) bond motifs is 1. The van der Waals surface area contributed by atoms with Crippen molar-refractivity contribution >= 4 is 26.9 Å². The molecule has 7 heteroatoms. The van der Waals surface area contributed by atoms with Crippen LogP contribution in [0.15, 0.2) is 68.4 Å². The summed E-state index contributed by atoms with van der Waals surface area (Å²) in [7, 11) is 0.